The normalized spacial score (nSPS) is 23.2. The minimum atomic E-state index is -0.0412. The number of nitrogens with zero attached hydrogens (tertiary/aromatic N) is 1. The van der Waals surface area contributed by atoms with E-state index in [1.165, 1.54) is 0 Å². The second kappa shape index (κ2) is 4.92. The number of allylic oxidation sites excluding steroid dienone is 2. The number of hydrogen-bond acceptors (Lipinski definition) is 3. The third-order valence-corrected chi connectivity index (χ3v) is 3.00. The number of methoxy groups -OCH3 is 1. The highest BCUT2D eigenvalue weighted by Gasteiger charge is 2.25. The van der Waals surface area contributed by atoms with Gasteiger partial charge in [0.15, 0.2) is 5.76 Å². The van der Waals surface area contributed by atoms with Crippen molar-refractivity contribution in [3.63, 3.8) is 0 Å². The molecule has 0 saturated heterocycles. The molecule has 1 aliphatic rings. The fourth-order valence-corrected chi connectivity index (χ4v) is 1.98. The van der Waals surface area contributed by atoms with Gasteiger partial charge in [-0.3, -0.25) is 0 Å². The molecule has 1 aromatic carbocycles. The van der Waals surface area contributed by atoms with E-state index in [1.54, 1.807) is 7.11 Å². The Labute approximate surface area is 101 Å². The van der Waals surface area contributed by atoms with Gasteiger partial charge >= 0.3 is 0 Å². The lowest BCUT2D eigenvalue weighted by Crippen LogP contribution is -2.16. The van der Waals surface area contributed by atoms with Gasteiger partial charge in [-0.2, -0.15) is 5.26 Å². The third-order valence-electron chi connectivity index (χ3n) is 3.00. The van der Waals surface area contributed by atoms with E-state index in [2.05, 4.69) is 13.0 Å². The first-order chi connectivity index (χ1) is 8.24. The first-order valence-electron chi connectivity index (χ1n) is 5.65. The zero-order valence-corrected chi connectivity index (χ0v) is 10.0. The highest BCUT2D eigenvalue weighted by atomic mass is 16.5. The van der Waals surface area contributed by atoms with E-state index < -0.39 is 0 Å². The van der Waals surface area contributed by atoms with Crippen molar-refractivity contribution in [2.24, 2.45) is 5.92 Å². The molecule has 0 aromatic heterocycles. The van der Waals surface area contributed by atoms with Crippen molar-refractivity contribution < 1.29 is 9.47 Å². The predicted octanol–water partition coefficient (Wildman–Crippen LogP) is 3.20. The highest BCUT2D eigenvalue weighted by molar-refractivity contribution is 5.30. The van der Waals surface area contributed by atoms with Gasteiger partial charge in [0.2, 0.25) is 0 Å². The minimum absolute atomic E-state index is 0.0412. The molecule has 3 nitrogen and oxygen atoms in total. The molecule has 1 aliphatic heterocycles. The van der Waals surface area contributed by atoms with E-state index in [1.807, 2.05) is 30.3 Å². The molecule has 1 aromatic rings. The number of benzene rings is 1. The number of rotatable bonds is 2. The van der Waals surface area contributed by atoms with Crippen molar-refractivity contribution in [2.45, 2.75) is 19.4 Å². The van der Waals surface area contributed by atoms with E-state index in [0.717, 1.165) is 17.7 Å². The van der Waals surface area contributed by atoms with E-state index in [-0.39, 0.29) is 6.10 Å². The average molecular weight is 229 g/mol. The molecule has 0 radical (unpaired) electrons. The molecule has 3 heteroatoms. The Bertz CT molecular complexity index is 456. The van der Waals surface area contributed by atoms with Gasteiger partial charge in [0.25, 0.3) is 0 Å². The Kier molecular flexibility index (Phi) is 3.34. The van der Waals surface area contributed by atoms with Crippen molar-refractivity contribution in [3.05, 3.63) is 41.7 Å². The largest absolute Gasteiger partial charge is 0.497 e. The monoisotopic (exact) mass is 229 g/mol. The average Bonchev–Trinajstić information content (AvgIpc) is 2.39. The molecule has 88 valence electrons. The molecule has 0 N–H and O–H groups in total. The zero-order valence-electron chi connectivity index (χ0n) is 10.0. The minimum Gasteiger partial charge on any atom is -0.497 e. The molecule has 1 heterocycles. The van der Waals surface area contributed by atoms with Crippen LogP contribution in [0.3, 0.4) is 0 Å². The molecular formula is C14H15NO2. The van der Waals surface area contributed by atoms with E-state index in [9.17, 15) is 0 Å². The number of ether oxygens (including phenoxy) is 2. The molecule has 2 rings (SSSR count). The van der Waals surface area contributed by atoms with Crippen LogP contribution in [0.25, 0.3) is 0 Å². The number of nitriles is 1. The van der Waals surface area contributed by atoms with Gasteiger partial charge in [0, 0.05) is 5.92 Å². The van der Waals surface area contributed by atoms with Crippen LogP contribution in [0.1, 0.15) is 25.0 Å². The lowest BCUT2D eigenvalue weighted by molar-refractivity contribution is 0.0646. The second-order valence-electron chi connectivity index (χ2n) is 4.20. The fourth-order valence-electron chi connectivity index (χ4n) is 1.98. The van der Waals surface area contributed by atoms with Gasteiger partial charge in [-0.25, -0.2) is 0 Å². The summed E-state index contributed by atoms with van der Waals surface area (Å²) < 4.78 is 10.8. The number of hydrogen-bond donors (Lipinski definition) is 0. The van der Waals surface area contributed by atoms with Crippen LogP contribution in [0.2, 0.25) is 0 Å². The van der Waals surface area contributed by atoms with Crippen LogP contribution in [0, 0.1) is 17.2 Å². The summed E-state index contributed by atoms with van der Waals surface area (Å²) in [5.74, 6) is 1.62. The van der Waals surface area contributed by atoms with Crippen LogP contribution < -0.4 is 4.74 Å². The van der Waals surface area contributed by atoms with Gasteiger partial charge in [-0.1, -0.05) is 19.1 Å². The Balaban J connectivity index is 2.21. The molecule has 0 unspecified atom stereocenters. The van der Waals surface area contributed by atoms with Crippen molar-refractivity contribution in [1.82, 2.24) is 0 Å². The summed E-state index contributed by atoms with van der Waals surface area (Å²) in [6.45, 7) is 2.12. The van der Waals surface area contributed by atoms with E-state index in [0.29, 0.717) is 11.7 Å². The molecule has 0 spiro atoms. The quantitative estimate of drug-likeness (QED) is 0.782. The van der Waals surface area contributed by atoms with Gasteiger partial charge in [0.05, 0.1) is 7.11 Å². The highest BCUT2D eigenvalue weighted by Crippen LogP contribution is 2.35. The van der Waals surface area contributed by atoms with Crippen molar-refractivity contribution in [3.8, 4) is 11.8 Å². The first kappa shape index (κ1) is 11.5. The topological polar surface area (TPSA) is 42.2 Å². The summed E-state index contributed by atoms with van der Waals surface area (Å²) in [6.07, 6.45) is 2.69. The predicted molar refractivity (Wildman–Crippen MR) is 64.3 cm³/mol. The van der Waals surface area contributed by atoms with Crippen LogP contribution in [0.15, 0.2) is 36.1 Å². The van der Waals surface area contributed by atoms with Crippen LogP contribution in [0.4, 0.5) is 0 Å². The van der Waals surface area contributed by atoms with Gasteiger partial charge in [-0.15, -0.1) is 0 Å². The van der Waals surface area contributed by atoms with Crippen molar-refractivity contribution in [1.29, 1.82) is 5.26 Å². The van der Waals surface area contributed by atoms with Gasteiger partial charge in [-0.05, 0) is 30.2 Å². The maximum absolute atomic E-state index is 8.86. The summed E-state index contributed by atoms with van der Waals surface area (Å²) in [7, 11) is 1.64. The maximum atomic E-state index is 8.86. The summed E-state index contributed by atoms with van der Waals surface area (Å²) in [6, 6.07) is 9.86. The Hall–Kier alpha value is -1.95. The third kappa shape index (κ3) is 2.42. The Morgan fingerprint density at radius 3 is 2.65 bits per heavy atom. The van der Waals surface area contributed by atoms with E-state index in [4.69, 9.17) is 14.7 Å². The fraction of sp³-hybridized carbons (Fsp3) is 0.357. The molecule has 0 amide bonds. The maximum Gasteiger partial charge on any atom is 0.193 e. The Morgan fingerprint density at radius 2 is 2.06 bits per heavy atom. The van der Waals surface area contributed by atoms with Crippen LogP contribution in [0.5, 0.6) is 5.75 Å². The second-order valence-corrected chi connectivity index (χ2v) is 4.20. The molecule has 0 saturated carbocycles. The van der Waals surface area contributed by atoms with Crippen molar-refractivity contribution >= 4 is 0 Å². The first-order valence-corrected chi connectivity index (χ1v) is 5.65. The van der Waals surface area contributed by atoms with Crippen LogP contribution in [-0.4, -0.2) is 7.11 Å². The lowest BCUT2D eigenvalue weighted by Gasteiger charge is -2.28. The smallest absolute Gasteiger partial charge is 0.193 e. The molecule has 0 aliphatic carbocycles. The summed E-state index contributed by atoms with van der Waals surface area (Å²) in [5, 5.41) is 8.86. The van der Waals surface area contributed by atoms with Crippen LogP contribution >= 0.6 is 0 Å². The molecule has 0 bridgehead atoms. The van der Waals surface area contributed by atoms with Crippen molar-refractivity contribution in [2.75, 3.05) is 7.11 Å². The molecule has 17 heavy (non-hydrogen) atoms. The standard InChI is InChI=1S/C14H15NO2/c1-10-3-6-13(9-15)17-14(10)11-4-7-12(16-2)8-5-11/h4-8,10,14H,3H2,1-2H3/t10-,14-/m0/s1. The Morgan fingerprint density at radius 1 is 1.35 bits per heavy atom. The summed E-state index contributed by atoms with van der Waals surface area (Å²) in [4.78, 5) is 0. The summed E-state index contributed by atoms with van der Waals surface area (Å²) in [5.41, 5.74) is 1.08. The zero-order chi connectivity index (χ0) is 12.3. The lowest BCUT2D eigenvalue weighted by atomic mass is 9.92. The van der Waals surface area contributed by atoms with E-state index >= 15 is 0 Å². The van der Waals surface area contributed by atoms with Gasteiger partial charge < -0.3 is 9.47 Å². The SMILES string of the molecule is COc1ccc([C@H]2OC(C#N)=CC[C@@H]2C)cc1. The molecule has 2 atom stereocenters. The molecule has 0 fully saturated rings. The van der Waals surface area contributed by atoms with Crippen LogP contribution in [-0.2, 0) is 4.74 Å². The molecular weight excluding hydrogens is 214 g/mol. The van der Waals surface area contributed by atoms with Gasteiger partial charge in [0.1, 0.15) is 17.9 Å². The summed E-state index contributed by atoms with van der Waals surface area (Å²) >= 11 is 0.